The topological polar surface area (TPSA) is 40.5 Å². The van der Waals surface area contributed by atoms with E-state index in [-0.39, 0.29) is 0 Å². The van der Waals surface area contributed by atoms with Gasteiger partial charge < -0.3 is 5.11 Å². The molecule has 0 amide bonds. The van der Waals surface area contributed by atoms with Crippen LogP contribution < -0.4 is 0 Å². The van der Waals surface area contributed by atoms with Crippen molar-refractivity contribution < 1.29 is 9.90 Å². The van der Waals surface area contributed by atoms with Crippen LogP contribution in [0.3, 0.4) is 0 Å². The molecular weight excluding hydrogens is 250 g/mol. The van der Waals surface area contributed by atoms with Crippen LogP contribution in [0.1, 0.15) is 38.7 Å². The second-order valence-electron chi connectivity index (χ2n) is 6.31. The molecule has 4 unspecified atom stereocenters. The van der Waals surface area contributed by atoms with Crippen LogP contribution in [0.2, 0.25) is 0 Å². The number of carboxylic acids is 1. The highest BCUT2D eigenvalue weighted by Crippen LogP contribution is 2.29. The maximum absolute atomic E-state index is 11.6. The van der Waals surface area contributed by atoms with Crippen LogP contribution in [0.5, 0.6) is 0 Å². The van der Waals surface area contributed by atoms with Gasteiger partial charge in [-0.15, -0.1) is 0 Å². The highest BCUT2D eigenvalue weighted by atomic mass is 16.4. The summed E-state index contributed by atoms with van der Waals surface area (Å²) in [7, 11) is 0. The Labute approximate surface area is 121 Å². The van der Waals surface area contributed by atoms with E-state index in [1.165, 1.54) is 6.42 Å². The minimum atomic E-state index is -0.728. The van der Waals surface area contributed by atoms with Gasteiger partial charge >= 0.3 is 5.97 Å². The van der Waals surface area contributed by atoms with E-state index in [1.54, 1.807) is 0 Å². The quantitative estimate of drug-likeness (QED) is 0.917. The van der Waals surface area contributed by atoms with Crippen molar-refractivity contribution in [3.63, 3.8) is 0 Å². The number of rotatable bonds is 4. The molecule has 4 atom stereocenters. The Balaban J connectivity index is 2.14. The number of likely N-dealkylation sites (tertiary alicyclic amines) is 1. The number of carbonyl (C=O) groups is 1. The van der Waals surface area contributed by atoms with Crippen molar-refractivity contribution >= 4 is 5.97 Å². The zero-order chi connectivity index (χ0) is 14.7. The van der Waals surface area contributed by atoms with E-state index >= 15 is 0 Å². The van der Waals surface area contributed by atoms with Gasteiger partial charge in [0, 0.05) is 19.1 Å². The molecule has 0 spiro atoms. The average Bonchev–Trinajstić information content (AvgIpc) is 2.41. The van der Waals surface area contributed by atoms with Gasteiger partial charge in [0.2, 0.25) is 0 Å². The van der Waals surface area contributed by atoms with Gasteiger partial charge in [-0.25, -0.2) is 0 Å². The van der Waals surface area contributed by atoms with Gasteiger partial charge in [-0.1, -0.05) is 44.2 Å². The van der Waals surface area contributed by atoms with Gasteiger partial charge in [-0.3, -0.25) is 9.69 Å². The van der Waals surface area contributed by atoms with Crippen LogP contribution in [0.25, 0.3) is 0 Å². The minimum absolute atomic E-state index is 0.434. The summed E-state index contributed by atoms with van der Waals surface area (Å²) in [5.41, 5.74) is 0.901. The maximum Gasteiger partial charge on any atom is 0.312 e. The van der Waals surface area contributed by atoms with Gasteiger partial charge in [0.1, 0.15) is 0 Å². The predicted octanol–water partition coefficient (Wildman–Crippen LogP) is 3.22. The van der Waals surface area contributed by atoms with E-state index in [1.807, 2.05) is 30.3 Å². The Bertz CT molecular complexity index is 446. The summed E-state index contributed by atoms with van der Waals surface area (Å²) in [6, 6.07) is 10.0. The molecule has 1 aromatic carbocycles. The molecular formula is C17H25NO2. The van der Waals surface area contributed by atoms with Gasteiger partial charge in [0.05, 0.1) is 5.92 Å². The molecule has 2 rings (SSSR count). The summed E-state index contributed by atoms with van der Waals surface area (Å²) in [5, 5.41) is 9.55. The molecule has 0 saturated carbocycles. The summed E-state index contributed by atoms with van der Waals surface area (Å²) in [4.78, 5) is 14.0. The SMILES string of the molecule is CC1CC(C)C(C)N(CC(C(=O)O)c2ccccc2)C1. The Kier molecular flexibility index (Phi) is 4.81. The molecule has 0 aromatic heterocycles. The zero-order valence-corrected chi connectivity index (χ0v) is 12.6. The first kappa shape index (κ1) is 15.0. The summed E-state index contributed by atoms with van der Waals surface area (Å²) in [5.74, 6) is 0.112. The van der Waals surface area contributed by atoms with E-state index in [2.05, 4.69) is 25.7 Å². The van der Waals surface area contributed by atoms with Gasteiger partial charge in [0.25, 0.3) is 0 Å². The second-order valence-corrected chi connectivity index (χ2v) is 6.31. The number of aliphatic carboxylic acids is 1. The van der Waals surface area contributed by atoms with Crippen molar-refractivity contribution in [2.24, 2.45) is 11.8 Å². The number of benzene rings is 1. The Morgan fingerprint density at radius 1 is 1.30 bits per heavy atom. The Morgan fingerprint density at radius 2 is 1.95 bits per heavy atom. The number of nitrogens with zero attached hydrogens (tertiary/aromatic N) is 1. The molecule has 1 aliphatic rings. The molecule has 1 heterocycles. The highest BCUT2D eigenvalue weighted by Gasteiger charge is 2.32. The minimum Gasteiger partial charge on any atom is -0.481 e. The molecule has 3 heteroatoms. The standard InChI is InChI=1S/C17H25NO2/c1-12-9-13(2)14(3)18(10-12)11-16(17(19)20)15-7-5-4-6-8-15/h4-8,12-14,16H,9-11H2,1-3H3,(H,19,20). The number of hydrogen-bond acceptors (Lipinski definition) is 2. The Hall–Kier alpha value is -1.35. The van der Waals surface area contributed by atoms with Crippen molar-refractivity contribution in [2.45, 2.75) is 39.2 Å². The van der Waals surface area contributed by atoms with E-state index in [0.29, 0.717) is 24.4 Å². The van der Waals surface area contributed by atoms with Crippen molar-refractivity contribution in [2.75, 3.05) is 13.1 Å². The summed E-state index contributed by atoms with van der Waals surface area (Å²) in [6.45, 7) is 8.36. The molecule has 1 saturated heterocycles. The molecule has 1 aromatic rings. The molecule has 0 aliphatic carbocycles. The molecule has 0 radical (unpaired) electrons. The fraction of sp³-hybridized carbons (Fsp3) is 0.588. The number of carboxylic acid groups (broad SMARTS) is 1. The van der Waals surface area contributed by atoms with Crippen LogP contribution in [0.4, 0.5) is 0 Å². The van der Waals surface area contributed by atoms with E-state index in [4.69, 9.17) is 0 Å². The Morgan fingerprint density at radius 3 is 2.55 bits per heavy atom. The summed E-state index contributed by atoms with van der Waals surface area (Å²) >= 11 is 0. The van der Waals surface area contributed by atoms with Gasteiger partial charge in [-0.2, -0.15) is 0 Å². The van der Waals surface area contributed by atoms with Gasteiger partial charge in [-0.05, 0) is 30.7 Å². The third-order valence-electron chi connectivity index (χ3n) is 4.64. The van der Waals surface area contributed by atoms with Crippen LogP contribution in [-0.4, -0.2) is 35.1 Å². The van der Waals surface area contributed by atoms with E-state index < -0.39 is 11.9 Å². The fourth-order valence-corrected chi connectivity index (χ4v) is 3.32. The third kappa shape index (κ3) is 3.40. The van der Waals surface area contributed by atoms with E-state index in [0.717, 1.165) is 12.1 Å². The van der Waals surface area contributed by atoms with Crippen molar-refractivity contribution in [3.8, 4) is 0 Å². The van der Waals surface area contributed by atoms with Crippen molar-refractivity contribution in [3.05, 3.63) is 35.9 Å². The van der Waals surface area contributed by atoms with Gasteiger partial charge in [0.15, 0.2) is 0 Å². The lowest BCUT2D eigenvalue weighted by atomic mass is 9.85. The highest BCUT2D eigenvalue weighted by molar-refractivity contribution is 5.76. The predicted molar refractivity (Wildman–Crippen MR) is 80.8 cm³/mol. The molecule has 0 bridgehead atoms. The first-order valence-electron chi connectivity index (χ1n) is 7.50. The molecule has 1 aliphatic heterocycles. The van der Waals surface area contributed by atoms with Crippen LogP contribution in [0.15, 0.2) is 30.3 Å². The van der Waals surface area contributed by atoms with Crippen molar-refractivity contribution in [1.82, 2.24) is 4.90 Å². The average molecular weight is 275 g/mol. The molecule has 1 N–H and O–H groups in total. The lowest BCUT2D eigenvalue weighted by Gasteiger charge is -2.42. The van der Waals surface area contributed by atoms with Crippen molar-refractivity contribution in [1.29, 1.82) is 0 Å². The second kappa shape index (κ2) is 6.40. The number of piperidine rings is 1. The largest absolute Gasteiger partial charge is 0.481 e. The third-order valence-corrected chi connectivity index (χ3v) is 4.64. The van der Waals surface area contributed by atoms with E-state index in [9.17, 15) is 9.90 Å². The zero-order valence-electron chi connectivity index (χ0n) is 12.6. The van der Waals surface area contributed by atoms with Crippen LogP contribution in [0, 0.1) is 11.8 Å². The van der Waals surface area contributed by atoms with Crippen LogP contribution >= 0.6 is 0 Å². The molecule has 110 valence electrons. The fourth-order valence-electron chi connectivity index (χ4n) is 3.32. The maximum atomic E-state index is 11.6. The smallest absolute Gasteiger partial charge is 0.312 e. The molecule has 20 heavy (non-hydrogen) atoms. The lowest BCUT2D eigenvalue weighted by molar-refractivity contribution is -0.139. The summed E-state index contributed by atoms with van der Waals surface area (Å²) in [6.07, 6.45) is 1.24. The monoisotopic (exact) mass is 275 g/mol. The first-order chi connectivity index (χ1) is 9.49. The summed E-state index contributed by atoms with van der Waals surface area (Å²) < 4.78 is 0. The lowest BCUT2D eigenvalue weighted by Crippen LogP contribution is -2.48. The molecule has 3 nitrogen and oxygen atoms in total. The first-order valence-corrected chi connectivity index (χ1v) is 7.50. The number of hydrogen-bond donors (Lipinski definition) is 1. The van der Waals surface area contributed by atoms with Crippen LogP contribution in [-0.2, 0) is 4.79 Å². The molecule has 1 fully saturated rings. The normalized spacial score (nSPS) is 29.1.